The van der Waals surface area contributed by atoms with E-state index in [-0.39, 0.29) is 11.8 Å². The van der Waals surface area contributed by atoms with Crippen molar-refractivity contribution in [2.75, 3.05) is 19.7 Å². The number of carbonyl (C=O) groups is 2. The maximum absolute atomic E-state index is 11.7. The fraction of sp³-hybridized carbons (Fsp3) is 0.529. The number of ether oxygens (including phenoxy) is 1. The summed E-state index contributed by atoms with van der Waals surface area (Å²) < 4.78 is 5.75. The Labute approximate surface area is 142 Å². The molecule has 128 valence electrons. The van der Waals surface area contributed by atoms with Crippen molar-refractivity contribution in [2.45, 2.75) is 39.0 Å². The maximum Gasteiger partial charge on any atom is 0.237 e. The van der Waals surface area contributed by atoms with Gasteiger partial charge in [-0.3, -0.25) is 9.59 Å². The van der Waals surface area contributed by atoms with Crippen molar-refractivity contribution in [3.8, 4) is 5.75 Å². The monoisotopic (exact) mass is 340 g/mol. The van der Waals surface area contributed by atoms with Crippen LogP contribution in [0.15, 0.2) is 18.2 Å². The van der Waals surface area contributed by atoms with Crippen LogP contribution in [0.4, 0.5) is 0 Å². The van der Waals surface area contributed by atoms with Crippen molar-refractivity contribution in [3.63, 3.8) is 0 Å². The number of benzene rings is 1. The van der Waals surface area contributed by atoms with Crippen LogP contribution in [0.25, 0.3) is 0 Å². The molecule has 0 fully saturated rings. The molecule has 5 nitrogen and oxygen atoms in total. The van der Waals surface area contributed by atoms with Crippen molar-refractivity contribution < 1.29 is 14.3 Å². The Kier molecular flexibility index (Phi) is 8.48. The normalized spacial score (nSPS) is 11.7. The smallest absolute Gasteiger partial charge is 0.237 e. The van der Waals surface area contributed by atoms with Gasteiger partial charge in [-0.2, -0.15) is 0 Å². The first-order valence-corrected chi connectivity index (χ1v) is 8.23. The van der Waals surface area contributed by atoms with Crippen molar-refractivity contribution in [2.24, 2.45) is 0 Å². The summed E-state index contributed by atoms with van der Waals surface area (Å²) in [6.07, 6.45) is 1.04. The van der Waals surface area contributed by atoms with Gasteiger partial charge >= 0.3 is 0 Å². The van der Waals surface area contributed by atoms with Crippen molar-refractivity contribution in [1.82, 2.24) is 10.6 Å². The molecule has 0 spiro atoms. The summed E-state index contributed by atoms with van der Waals surface area (Å²) in [6.45, 7) is 6.88. The van der Waals surface area contributed by atoms with E-state index in [1.165, 1.54) is 0 Å². The first-order valence-electron chi connectivity index (χ1n) is 7.79. The van der Waals surface area contributed by atoms with E-state index in [9.17, 15) is 9.59 Å². The van der Waals surface area contributed by atoms with Crippen LogP contribution in [0.2, 0.25) is 0 Å². The summed E-state index contributed by atoms with van der Waals surface area (Å²) in [5, 5.41) is 4.81. The lowest BCUT2D eigenvalue weighted by Crippen LogP contribution is -2.37. The second kappa shape index (κ2) is 10.1. The predicted molar refractivity (Wildman–Crippen MR) is 92.0 cm³/mol. The molecule has 0 aliphatic carbocycles. The van der Waals surface area contributed by atoms with Crippen molar-refractivity contribution in [3.05, 3.63) is 29.3 Å². The number of para-hydroxylation sites is 1. The van der Waals surface area contributed by atoms with Crippen LogP contribution in [0.1, 0.15) is 30.9 Å². The number of nitrogens with one attached hydrogen (secondary N) is 2. The minimum Gasteiger partial charge on any atom is -0.493 e. The highest BCUT2D eigenvalue weighted by Crippen LogP contribution is 2.22. The molecule has 1 aromatic rings. The Morgan fingerprint density at radius 1 is 1.17 bits per heavy atom. The van der Waals surface area contributed by atoms with Crippen LogP contribution in [0.3, 0.4) is 0 Å². The second-order valence-corrected chi connectivity index (χ2v) is 6.08. The highest BCUT2D eigenvalue weighted by atomic mass is 35.5. The molecule has 1 atom stereocenters. The van der Waals surface area contributed by atoms with Crippen LogP contribution in [0.5, 0.6) is 5.75 Å². The molecule has 1 rings (SSSR count). The molecule has 0 bridgehead atoms. The Balaban J connectivity index is 2.14. The molecule has 1 aromatic carbocycles. The van der Waals surface area contributed by atoms with Crippen LogP contribution in [-0.4, -0.2) is 36.9 Å². The standard InChI is InChI=1S/C17H25ClN2O3/c1-12-6-4-7-13(2)16(12)23-11-5-8-15(21)19-9-10-20-17(22)14(3)18/h4,6-7,14H,5,8-11H2,1-3H3,(H,19,21)(H,20,22). The fourth-order valence-corrected chi connectivity index (χ4v) is 2.13. The highest BCUT2D eigenvalue weighted by Gasteiger charge is 2.08. The molecule has 0 saturated heterocycles. The highest BCUT2D eigenvalue weighted by molar-refractivity contribution is 6.30. The number of rotatable bonds is 9. The van der Waals surface area contributed by atoms with Gasteiger partial charge in [0.15, 0.2) is 0 Å². The number of halogens is 1. The lowest BCUT2D eigenvalue weighted by Gasteiger charge is -2.12. The van der Waals surface area contributed by atoms with Gasteiger partial charge in [0.2, 0.25) is 11.8 Å². The molecule has 0 saturated carbocycles. The van der Waals surface area contributed by atoms with Crippen LogP contribution in [-0.2, 0) is 9.59 Å². The van der Waals surface area contributed by atoms with Crippen LogP contribution < -0.4 is 15.4 Å². The number of hydrogen-bond donors (Lipinski definition) is 2. The average Bonchev–Trinajstić information content (AvgIpc) is 2.50. The lowest BCUT2D eigenvalue weighted by atomic mass is 10.1. The minimum atomic E-state index is -0.562. The van der Waals surface area contributed by atoms with E-state index >= 15 is 0 Å². The number of hydrogen-bond acceptors (Lipinski definition) is 3. The van der Waals surface area contributed by atoms with Gasteiger partial charge in [0.1, 0.15) is 11.1 Å². The predicted octanol–water partition coefficient (Wildman–Crippen LogP) is 2.32. The molecule has 2 N–H and O–H groups in total. The van der Waals surface area contributed by atoms with Crippen molar-refractivity contribution in [1.29, 1.82) is 0 Å². The molecule has 0 radical (unpaired) electrons. The van der Waals surface area contributed by atoms with Gasteiger partial charge in [-0.05, 0) is 38.3 Å². The number of aryl methyl sites for hydroxylation is 2. The van der Waals surface area contributed by atoms with Gasteiger partial charge < -0.3 is 15.4 Å². The first-order chi connectivity index (χ1) is 10.9. The number of carbonyl (C=O) groups excluding carboxylic acids is 2. The molecular formula is C17H25ClN2O3. The quantitative estimate of drug-likeness (QED) is 0.535. The molecule has 2 amide bonds. The van der Waals surface area contributed by atoms with E-state index in [1.807, 2.05) is 32.0 Å². The molecular weight excluding hydrogens is 316 g/mol. The summed E-state index contributed by atoms with van der Waals surface area (Å²) >= 11 is 5.61. The van der Waals surface area contributed by atoms with Gasteiger partial charge in [0.25, 0.3) is 0 Å². The van der Waals surface area contributed by atoms with E-state index < -0.39 is 5.38 Å². The SMILES string of the molecule is Cc1cccc(C)c1OCCCC(=O)NCCNC(=O)C(C)Cl. The Bertz CT molecular complexity index is 512. The molecule has 0 heterocycles. The average molecular weight is 341 g/mol. The third-order valence-electron chi connectivity index (χ3n) is 3.31. The summed E-state index contributed by atoms with van der Waals surface area (Å²) in [5.74, 6) is 0.608. The number of amides is 2. The van der Waals surface area contributed by atoms with E-state index in [4.69, 9.17) is 16.3 Å². The van der Waals surface area contributed by atoms with Gasteiger partial charge in [0, 0.05) is 19.5 Å². The topological polar surface area (TPSA) is 67.4 Å². The van der Waals surface area contributed by atoms with Gasteiger partial charge in [-0.25, -0.2) is 0 Å². The zero-order valence-electron chi connectivity index (χ0n) is 13.9. The zero-order valence-corrected chi connectivity index (χ0v) is 14.7. The van der Waals surface area contributed by atoms with E-state index in [2.05, 4.69) is 10.6 Å². The fourth-order valence-electron chi connectivity index (χ4n) is 2.05. The zero-order chi connectivity index (χ0) is 17.2. The Morgan fingerprint density at radius 2 is 1.78 bits per heavy atom. The molecule has 1 unspecified atom stereocenters. The second-order valence-electron chi connectivity index (χ2n) is 5.43. The van der Waals surface area contributed by atoms with Crippen LogP contribution in [0, 0.1) is 13.8 Å². The third-order valence-corrected chi connectivity index (χ3v) is 3.51. The number of alkyl halides is 1. The Hall–Kier alpha value is -1.75. The summed E-state index contributed by atoms with van der Waals surface area (Å²) in [5.41, 5.74) is 2.19. The molecule has 0 aliphatic heterocycles. The van der Waals surface area contributed by atoms with E-state index in [0.717, 1.165) is 16.9 Å². The summed E-state index contributed by atoms with van der Waals surface area (Å²) in [6, 6.07) is 6.00. The molecule has 6 heteroatoms. The Morgan fingerprint density at radius 3 is 2.39 bits per heavy atom. The van der Waals surface area contributed by atoms with Crippen molar-refractivity contribution >= 4 is 23.4 Å². The largest absolute Gasteiger partial charge is 0.493 e. The van der Waals surface area contributed by atoms with Gasteiger partial charge in [-0.1, -0.05) is 18.2 Å². The molecule has 23 heavy (non-hydrogen) atoms. The summed E-state index contributed by atoms with van der Waals surface area (Å²) in [4.78, 5) is 22.9. The van der Waals surface area contributed by atoms with Gasteiger partial charge in [-0.15, -0.1) is 11.6 Å². The van der Waals surface area contributed by atoms with Gasteiger partial charge in [0.05, 0.1) is 6.61 Å². The third kappa shape index (κ3) is 7.37. The summed E-state index contributed by atoms with van der Waals surface area (Å²) in [7, 11) is 0. The molecule has 0 aromatic heterocycles. The first kappa shape index (κ1) is 19.3. The lowest BCUT2D eigenvalue weighted by molar-refractivity contribution is -0.122. The van der Waals surface area contributed by atoms with E-state index in [1.54, 1.807) is 6.92 Å². The molecule has 0 aliphatic rings. The van der Waals surface area contributed by atoms with Crippen LogP contribution >= 0.6 is 11.6 Å². The minimum absolute atomic E-state index is 0.0525. The van der Waals surface area contributed by atoms with E-state index in [0.29, 0.717) is 32.5 Å². The maximum atomic E-state index is 11.7.